The summed E-state index contributed by atoms with van der Waals surface area (Å²) >= 11 is 0. The number of imidazole rings is 1. The number of aromatic nitrogens is 2. The Morgan fingerprint density at radius 2 is 1.68 bits per heavy atom. The van der Waals surface area contributed by atoms with Gasteiger partial charge in [0.15, 0.2) is 0 Å². The minimum absolute atomic E-state index is 0.0848. The number of carboxylic acid groups (broad SMARTS) is 2. The molecule has 14 nitrogen and oxygen atoms in total. The van der Waals surface area contributed by atoms with E-state index in [9.17, 15) is 34.2 Å². The van der Waals surface area contributed by atoms with Crippen molar-refractivity contribution in [3.63, 3.8) is 0 Å². The number of aromatic amines is 1. The second-order valence-electron chi connectivity index (χ2n) is 7.83. The van der Waals surface area contributed by atoms with Gasteiger partial charge in [-0.3, -0.25) is 19.2 Å². The smallest absolute Gasteiger partial charge is 0.326 e. The summed E-state index contributed by atoms with van der Waals surface area (Å²) in [4.78, 5) is 66.7. The molecule has 0 bridgehead atoms. The summed E-state index contributed by atoms with van der Waals surface area (Å²) in [5.74, 6) is -5.57. The highest BCUT2D eigenvalue weighted by molar-refractivity contribution is 5.94. The largest absolute Gasteiger partial charge is 0.481 e. The van der Waals surface area contributed by atoms with Gasteiger partial charge in [0.05, 0.1) is 19.0 Å². The number of aliphatic carboxylic acids is 2. The summed E-state index contributed by atoms with van der Waals surface area (Å²) < 4.78 is 0. The van der Waals surface area contributed by atoms with Crippen LogP contribution in [0.4, 0.5) is 0 Å². The lowest BCUT2D eigenvalue weighted by Crippen LogP contribution is -2.58. The number of amides is 3. The number of hydrogen-bond acceptors (Lipinski definition) is 8. The predicted molar refractivity (Wildman–Crippen MR) is 117 cm³/mol. The molecular formula is C20H32N6O8. The maximum atomic E-state index is 12.7. The Morgan fingerprint density at radius 3 is 2.18 bits per heavy atom. The molecule has 0 aliphatic heterocycles. The number of aliphatic hydroxyl groups is 1. The summed E-state index contributed by atoms with van der Waals surface area (Å²) in [6.45, 7) is 2.53. The van der Waals surface area contributed by atoms with Crippen LogP contribution < -0.4 is 21.7 Å². The first-order chi connectivity index (χ1) is 16.0. The van der Waals surface area contributed by atoms with E-state index in [0.717, 1.165) is 0 Å². The fourth-order valence-corrected chi connectivity index (χ4v) is 2.94. The van der Waals surface area contributed by atoms with E-state index in [1.165, 1.54) is 12.5 Å². The van der Waals surface area contributed by atoms with Crippen molar-refractivity contribution in [1.82, 2.24) is 25.9 Å². The summed E-state index contributed by atoms with van der Waals surface area (Å²) in [5, 5.41) is 34.8. The number of aliphatic hydroxyl groups excluding tert-OH is 1. The minimum atomic E-state index is -1.48. The Labute approximate surface area is 195 Å². The molecule has 1 aromatic heterocycles. The van der Waals surface area contributed by atoms with Crippen molar-refractivity contribution >= 4 is 29.7 Å². The Hall–Kier alpha value is -3.52. The van der Waals surface area contributed by atoms with E-state index in [0.29, 0.717) is 12.1 Å². The van der Waals surface area contributed by atoms with Crippen LogP contribution in [0, 0.1) is 5.92 Å². The van der Waals surface area contributed by atoms with Crippen molar-refractivity contribution in [3.8, 4) is 0 Å². The molecule has 0 saturated carbocycles. The molecule has 1 rings (SSSR count). The molecule has 0 aliphatic rings. The van der Waals surface area contributed by atoms with Gasteiger partial charge in [0.1, 0.15) is 18.1 Å². The molecule has 0 radical (unpaired) electrons. The summed E-state index contributed by atoms with van der Waals surface area (Å²) in [6, 6.07) is -5.22. The first kappa shape index (κ1) is 28.5. The van der Waals surface area contributed by atoms with Crippen LogP contribution in [-0.4, -0.2) is 85.7 Å². The second-order valence-corrected chi connectivity index (χ2v) is 7.83. The lowest BCUT2D eigenvalue weighted by molar-refractivity contribution is -0.144. The molecule has 0 aliphatic carbocycles. The summed E-state index contributed by atoms with van der Waals surface area (Å²) in [7, 11) is 0. The van der Waals surface area contributed by atoms with E-state index < -0.39 is 72.8 Å². The van der Waals surface area contributed by atoms with Crippen molar-refractivity contribution < 1.29 is 39.3 Å². The number of carboxylic acids is 2. The minimum Gasteiger partial charge on any atom is -0.481 e. The van der Waals surface area contributed by atoms with Crippen molar-refractivity contribution in [2.24, 2.45) is 11.7 Å². The van der Waals surface area contributed by atoms with Crippen LogP contribution >= 0.6 is 0 Å². The van der Waals surface area contributed by atoms with E-state index in [2.05, 4.69) is 25.9 Å². The van der Waals surface area contributed by atoms with Gasteiger partial charge in [-0.1, -0.05) is 20.3 Å². The first-order valence-corrected chi connectivity index (χ1v) is 10.7. The van der Waals surface area contributed by atoms with Crippen LogP contribution in [0.2, 0.25) is 0 Å². The average molecular weight is 485 g/mol. The summed E-state index contributed by atoms with van der Waals surface area (Å²) in [5.41, 5.74) is 6.38. The first-order valence-electron chi connectivity index (χ1n) is 10.7. The zero-order valence-corrected chi connectivity index (χ0v) is 19.0. The van der Waals surface area contributed by atoms with Gasteiger partial charge in [-0.2, -0.15) is 0 Å². The standard InChI is InChI=1S/C20H32N6O8/c1-3-10(2)16(20(33)34)26-18(31)13(4-5-15(28)29)24-19(32)14(8-27)25-17(30)12(21)6-11-7-22-9-23-11/h7,9-10,12-14,16,27H,3-6,8,21H2,1-2H3,(H,22,23)(H,24,32)(H,25,30)(H,26,31)(H,28,29)(H,33,34). The van der Waals surface area contributed by atoms with Crippen LogP contribution in [0.3, 0.4) is 0 Å². The third-order valence-corrected chi connectivity index (χ3v) is 5.20. The Morgan fingerprint density at radius 1 is 1.06 bits per heavy atom. The van der Waals surface area contributed by atoms with Gasteiger partial charge in [-0.05, 0) is 12.3 Å². The number of carbonyl (C=O) groups excluding carboxylic acids is 3. The van der Waals surface area contributed by atoms with Crippen LogP contribution in [0.5, 0.6) is 0 Å². The highest BCUT2D eigenvalue weighted by Crippen LogP contribution is 2.09. The van der Waals surface area contributed by atoms with Gasteiger partial charge in [-0.15, -0.1) is 0 Å². The summed E-state index contributed by atoms with van der Waals surface area (Å²) in [6.07, 6.45) is 2.57. The quantitative estimate of drug-likeness (QED) is 0.133. The number of nitrogens with two attached hydrogens (primary N) is 1. The number of nitrogens with one attached hydrogen (secondary N) is 4. The maximum absolute atomic E-state index is 12.7. The second kappa shape index (κ2) is 13.9. The molecule has 14 heteroatoms. The fourth-order valence-electron chi connectivity index (χ4n) is 2.94. The molecule has 5 unspecified atom stereocenters. The Balaban J connectivity index is 2.87. The molecule has 5 atom stereocenters. The van der Waals surface area contributed by atoms with Gasteiger partial charge in [0.2, 0.25) is 17.7 Å². The number of nitrogens with zero attached hydrogens (tertiary/aromatic N) is 1. The third kappa shape index (κ3) is 9.15. The topological polar surface area (TPSA) is 237 Å². The van der Waals surface area contributed by atoms with Crippen LogP contribution in [-0.2, 0) is 30.4 Å². The molecule has 1 aromatic rings. The van der Waals surface area contributed by atoms with E-state index >= 15 is 0 Å². The van der Waals surface area contributed by atoms with Crippen molar-refractivity contribution in [2.45, 2.75) is 63.7 Å². The fraction of sp³-hybridized carbons (Fsp3) is 0.600. The molecule has 0 aromatic carbocycles. The van der Waals surface area contributed by atoms with Crippen molar-refractivity contribution in [3.05, 3.63) is 18.2 Å². The van der Waals surface area contributed by atoms with Crippen molar-refractivity contribution in [2.75, 3.05) is 6.61 Å². The molecule has 9 N–H and O–H groups in total. The number of rotatable bonds is 15. The molecule has 34 heavy (non-hydrogen) atoms. The van der Waals surface area contributed by atoms with Gasteiger partial charge >= 0.3 is 11.9 Å². The highest BCUT2D eigenvalue weighted by atomic mass is 16.4. The lowest BCUT2D eigenvalue weighted by Gasteiger charge is -2.25. The monoisotopic (exact) mass is 484 g/mol. The Bertz CT molecular complexity index is 846. The van der Waals surface area contributed by atoms with Gasteiger partial charge in [-0.25, -0.2) is 9.78 Å². The maximum Gasteiger partial charge on any atom is 0.326 e. The number of H-pyrrole nitrogens is 1. The zero-order chi connectivity index (χ0) is 25.8. The average Bonchev–Trinajstić information content (AvgIpc) is 3.29. The van der Waals surface area contributed by atoms with Gasteiger partial charge in [0.25, 0.3) is 0 Å². The normalized spacial score (nSPS) is 15.3. The van der Waals surface area contributed by atoms with Crippen LogP contribution in [0.25, 0.3) is 0 Å². The molecular weight excluding hydrogens is 452 g/mol. The van der Waals surface area contributed by atoms with Gasteiger partial charge < -0.3 is 42.0 Å². The molecule has 0 saturated heterocycles. The van der Waals surface area contributed by atoms with E-state index in [1.807, 2.05) is 0 Å². The van der Waals surface area contributed by atoms with E-state index in [4.69, 9.17) is 10.8 Å². The van der Waals surface area contributed by atoms with E-state index in [1.54, 1.807) is 13.8 Å². The molecule has 3 amide bonds. The van der Waals surface area contributed by atoms with Crippen molar-refractivity contribution in [1.29, 1.82) is 0 Å². The molecule has 0 spiro atoms. The predicted octanol–water partition coefficient (Wildman–Crippen LogP) is -2.28. The van der Waals surface area contributed by atoms with Crippen LogP contribution in [0.15, 0.2) is 12.5 Å². The highest BCUT2D eigenvalue weighted by Gasteiger charge is 2.32. The lowest BCUT2D eigenvalue weighted by atomic mass is 9.98. The molecule has 0 fully saturated rings. The SMILES string of the molecule is CCC(C)C(NC(=O)C(CCC(=O)O)NC(=O)C(CO)NC(=O)C(N)Cc1cnc[nH]1)C(=O)O. The number of hydrogen-bond donors (Lipinski definition) is 8. The van der Waals surface area contributed by atoms with Gasteiger partial charge in [0, 0.05) is 24.7 Å². The Kier molecular flexibility index (Phi) is 11.7. The zero-order valence-electron chi connectivity index (χ0n) is 19.0. The van der Waals surface area contributed by atoms with Crippen LogP contribution in [0.1, 0.15) is 38.8 Å². The third-order valence-electron chi connectivity index (χ3n) is 5.20. The number of carbonyl (C=O) groups is 5. The molecule has 1 heterocycles. The van der Waals surface area contributed by atoms with E-state index in [-0.39, 0.29) is 12.8 Å². The molecule has 190 valence electrons.